The number of aliphatic hydroxyl groups is 1. The summed E-state index contributed by atoms with van der Waals surface area (Å²) in [6.07, 6.45) is 0.683. The number of alkyl halides is 3. The zero-order valence-corrected chi connectivity index (χ0v) is 15.6. The van der Waals surface area contributed by atoms with E-state index in [-0.39, 0.29) is 18.4 Å². The van der Waals surface area contributed by atoms with Crippen molar-refractivity contribution in [2.45, 2.75) is 38.1 Å². The van der Waals surface area contributed by atoms with E-state index in [0.29, 0.717) is 28.6 Å². The molecule has 0 radical (unpaired) electrons. The van der Waals surface area contributed by atoms with Crippen molar-refractivity contribution < 1.29 is 23.0 Å². The maximum Gasteiger partial charge on any atom is 0.573 e. The fourth-order valence-corrected chi connectivity index (χ4v) is 3.70. The number of fused-ring (bicyclic) bond motifs is 1. The van der Waals surface area contributed by atoms with Gasteiger partial charge in [0, 0.05) is 18.2 Å². The molecule has 1 saturated carbocycles. The number of hydrogen-bond donors (Lipinski definition) is 2. The van der Waals surface area contributed by atoms with Gasteiger partial charge in [0.15, 0.2) is 5.65 Å². The number of rotatable bonds is 5. The lowest BCUT2D eigenvalue weighted by molar-refractivity contribution is -0.274. The summed E-state index contributed by atoms with van der Waals surface area (Å²) in [7, 11) is 0. The van der Waals surface area contributed by atoms with Gasteiger partial charge in [-0.25, -0.2) is 9.50 Å². The lowest BCUT2D eigenvalue weighted by Gasteiger charge is -2.28. The summed E-state index contributed by atoms with van der Waals surface area (Å²) in [6.45, 7) is 0.229. The number of aromatic nitrogens is 3. The van der Waals surface area contributed by atoms with E-state index >= 15 is 0 Å². The number of hydrogen-bond acceptors (Lipinski definition) is 5. The fourth-order valence-electron chi connectivity index (χ4n) is 3.70. The van der Waals surface area contributed by atoms with Crippen LogP contribution in [0.15, 0.2) is 42.6 Å². The summed E-state index contributed by atoms with van der Waals surface area (Å²) in [6, 6.07) is 9.68. The Balaban J connectivity index is 1.57. The second-order valence-electron chi connectivity index (χ2n) is 7.25. The van der Waals surface area contributed by atoms with Gasteiger partial charge in [-0.1, -0.05) is 12.1 Å². The van der Waals surface area contributed by atoms with Crippen LogP contribution in [-0.2, 0) is 0 Å². The van der Waals surface area contributed by atoms with Gasteiger partial charge in [0.25, 0.3) is 0 Å². The number of aliphatic hydroxyl groups excluding tert-OH is 1. The van der Waals surface area contributed by atoms with Gasteiger partial charge in [-0.05, 0) is 55.9 Å². The largest absolute Gasteiger partial charge is 0.573 e. The molecule has 1 aliphatic carbocycles. The predicted octanol–water partition coefficient (Wildman–Crippen LogP) is 4.26. The van der Waals surface area contributed by atoms with Crippen LogP contribution in [0.3, 0.4) is 0 Å². The fraction of sp³-hybridized carbons (Fsp3) is 0.400. The molecule has 0 amide bonds. The van der Waals surface area contributed by atoms with Gasteiger partial charge in [0.05, 0.1) is 11.9 Å². The molecule has 0 saturated heterocycles. The summed E-state index contributed by atoms with van der Waals surface area (Å²) in [5, 5.41) is 17.3. The monoisotopic (exact) mass is 406 g/mol. The third-order valence-electron chi connectivity index (χ3n) is 5.18. The van der Waals surface area contributed by atoms with Crippen molar-refractivity contribution in [3.63, 3.8) is 0 Å². The molecule has 0 bridgehead atoms. The van der Waals surface area contributed by atoms with Crippen molar-refractivity contribution in [3.05, 3.63) is 42.6 Å². The summed E-state index contributed by atoms with van der Waals surface area (Å²) in [5.41, 5.74) is 1.68. The van der Waals surface area contributed by atoms with Gasteiger partial charge in [-0.2, -0.15) is 0 Å². The quantitative estimate of drug-likeness (QED) is 0.663. The molecule has 2 heterocycles. The minimum atomic E-state index is -4.75. The lowest BCUT2D eigenvalue weighted by atomic mass is 9.86. The van der Waals surface area contributed by atoms with Crippen LogP contribution < -0.4 is 10.1 Å². The topological polar surface area (TPSA) is 71.7 Å². The zero-order chi connectivity index (χ0) is 20.4. The molecule has 4 rings (SSSR count). The van der Waals surface area contributed by atoms with Crippen molar-refractivity contribution in [2.75, 3.05) is 11.9 Å². The highest BCUT2D eigenvalue weighted by Crippen LogP contribution is 2.29. The Bertz CT molecular complexity index is 981. The van der Waals surface area contributed by atoms with Crippen molar-refractivity contribution in [1.29, 1.82) is 0 Å². The van der Waals surface area contributed by atoms with E-state index in [1.807, 2.05) is 12.1 Å². The average molecular weight is 406 g/mol. The van der Waals surface area contributed by atoms with Gasteiger partial charge in [0.2, 0.25) is 0 Å². The van der Waals surface area contributed by atoms with Crippen LogP contribution in [-0.4, -0.2) is 38.7 Å². The molecule has 9 heteroatoms. The van der Waals surface area contributed by atoms with Gasteiger partial charge >= 0.3 is 6.36 Å². The number of ether oxygens (including phenoxy) is 1. The molecule has 154 valence electrons. The minimum Gasteiger partial charge on any atom is -0.406 e. The molecule has 0 unspecified atom stereocenters. The molecule has 1 aliphatic rings. The molecule has 2 N–H and O–H groups in total. The van der Waals surface area contributed by atoms with Crippen LogP contribution in [0.1, 0.15) is 25.7 Å². The number of halogens is 3. The molecule has 1 aromatic carbocycles. The second kappa shape index (κ2) is 7.90. The Morgan fingerprint density at radius 3 is 2.66 bits per heavy atom. The van der Waals surface area contributed by atoms with E-state index in [2.05, 4.69) is 20.1 Å². The molecule has 0 spiro atoms. The van der Waals surface area contributed by atoms with Crippen LogP contribution >= 0.6 is 0 Å². The van der Waals surface area contributed by atoms with Gasteiger partial charge in [-0.3, -0.25) is 0 Å². The smallest absolute Gasteiger partial charge is 0.406 e. The van der Waals surface area contributed by atoms with Crippen LogP contribution in [0.5, 0.6) is 5.75 Å². The van der Waals surface area contributed by atoms with E-state index < -0.39 is 6.36 Å². The predicted molar refractivity (Wildman–Crippen MR) is 102 cm³/mol. The summed E-state index contributed by atoms with van der Waals surface area (Å²) < 4.78 is 43.2. The summed E-state index contributed by atoms with van der Waals surface area (Å²) >= 11 is 0. The number of anilines is 1. The Labute approximate surface area is 165 Å². The van der Waals surface area contributed by atoms with Crippen LogP contribution in [0.2, 0.25) is 0 Å². The lowest BCUT2D eigenvalue weighted by Crippen LogP contribution is -2.27. The molecule has 6 nitrogen and oxygen atoms in total. The van der Waals surface area contributed by atoms with Crippen molar-refractivity contribution >= 4 is 11.5 Å². The standard InChI is InChI=1S/C20H21F3N4O2/c21-20(22,23)29-16-3-1-2-14(10-16)17-11-24-19-9-8-18(26-27(17)19)25-15-6-4-13(12-28)5-7-15/h1-3,8-11,13,15,28H,4-7,12H2,(H,25,26). The van der Waals surface area contributed by atoms with Crippen LogP contribution in [0, 0.1) is 5.92 Å². The van der Waals surface area contributed by atoms with E-state index in [0.717, 1.165) is 25.7 Å². The second-order valence-corrected chi connectivity index (χ2v) is 7.25. The Hall–Kier alpha value is -2.81. The number of nitrogens with one attached hydrogen (secondary N) is 1. The normalized spacial score (nSPS) is 20.0. The maximum absolute atomic E-state index is 12.5. The molecular formula is C20H21F3N4O2. The Morgan fingerprint density at radius 1 is 1.14 bits per heavy atom. The van der Waals surface area contributed by atoms with Crippen molar-refractivity contribution in [2.24, 2.45) is 5.92 Å². The molecule has 2 aromatic heterocycles. The Morgan fingerprint density at radius 2 is 1.93 bits per heavy atom. The molecule has 0 aliphatic heterocycles. The van der Waals surface area contributed by atoms with Gasteiger partial charge < -0.3 is 15.2 Å². The van der Waals surface area contributed by atoms with Gasteiger partial charge in [0.1, 0.15) is 11.6 Å². The summed E-state index contributed by atoms with van der Waals surface area (Å²) in [5.74, 6) is 0.752. The van der Waals surface area contributed by atoms with Crippen molar-refractivity contribution in [1.82, 2.24) is 14.6 Å². The minimum absolute atomic E-state index is 0.229. The number of imidazole rings is 1. The summed E-state index contributed by atoms with van der Waals surface area (Å²) in [4.78, 5) is 4.29. The van der Waals surface area contributed by atoms with E-state index in [4.69, 9.17) is 0 Å². The maximum atomic E-state index is 12.5. The van der Waals surface area contributed by atoms with E-state index in [1.165, 1.54) is 18.2 Å². The van der Waals surface area contributed by atoms with E-state index in [9.17, 15) is 18.3 Å². The average Bonchev–Trinajstić information content (AvgIpc) is 3.11. The number of nitrogens with zero attached hydrogens (tertiary/aromatic N) is 3. The third kappa shape index (κ3) is 4.61. The SMILES string of the molecule is OCC1CCC(Nc2ccc3ncc(-c4cccc(OC(F)(F)F)c4)n3n2)CC1. The third-order valence-corrected chi connectivity index (χ3v) is 5.18. The molecule has 1 fully saturated rings. The highest BCUT2D eigenvalue weighted by molar-refractivity contribution is 5.65. The molecular weight excluding hydrogens is 385 g/mol. The highest BCUT2D eigenvalue weighted by atomic mass is 19.4. The first kappa shape index (κ1) is 19.5. The first-order valence-electron chi connectivity index (χ1n) is 9.49. The van der Waals surface area contributed by atoms with E-state index in [1.54, 1.807) is 16.8 Å². The Kier molecular flexibility index (Phi) is 5.31. The molecule has 0 atom stereocenters. The molecule has 29 heavy (non-hydrogen) atoms. The van der Waals surface area contributed by atoms with Crippen molar-refractivity contribution in [3.8, 4) is 17.0 Å². The first-order chi connectivity index (χ1) is 13.9. The zero-order valence-electron chi connectivity index (χ0n) is 15.6. The highest BCUT2D eigenvalue weighted by Gasteiger charge is 2.31. The molecule has 3 aromatic rings. The van der Waals surface area contributed by atoms with Crippen LogP contribution in [0.25, 0.3) is 16.9 Å². The number of benzene rings is 1. The van der Waals surface area contributed by atoms with Crippen LogP contribution in [0.4, 0.5) is 19.0 Å². The first-order valence-corrected chi connectivity index (χ1v) is 9.49. The van der Waals surface area contributed by atoms with Gasteiger partial charge in [-0.15, -0.1) is 18.3 Å².